The van der Waals surface area contributed by atoms with Crippen LogP contribution in [0, 0.1) is 13.8 Å². The summed E-state index contributed by atoms with van der Waals surface area (Å²) in [5, 5.41) is 12.8. The van der Waals surface area contributed by atoms with Gasteiger partial charge in [-0.1, -0.05) is 12.1 Å². The van der Waals surface area contributed by atoms with Gasteiger partial charge < -0.3 is 4.90 Å². The van der Waals surface area contributed by atoms with Crippen molar-refractivity contribution < 1.29 is 0 Å². The van der Waals surface area contributed by atoms with Gasteiger partial charge in [-0.15, -0.1) is 5.10 Å². The number of nitrogens with zero attached hydrogens (tertiary/aromatic N) is 7. The average molecular weight is 406 g/mol. The van der Waals surface area contributed by atoms with Gasteiger partial charge in [0.2, 0.25) is 0 Å². The Balaban J connectivity index is 1.63. The Kier molecular flexibility index (Phi) is 5.56. The second-order valence-electron chi connectivity index (χ2n) is 9.04. The SMILES string of the molecule is Cc1cccc(N2CCN([C@@H](c3ccncc3)c3nnnn3C(C)(C)C)CC2)c1C. The maximum Gasteiger partial charge on any atom is 0.173 e. The Morgan fingerprint density at radius 1 is 0.933 bits per heavy atom. The highest BCUT2D eigenvalue weighted by molar-refractivity contribution is 5.56. The maximum atomic E-state index is 4.46. The number of aromatic nitrogens is 5. The maximum absolute atomic E-state index is 4.46. The Hall–Kier alpha value is -2.80. The molecule has 4 rings (SSSR count). The summed E-state index contributed by atoms with van der Waals surface area (Å²) in [5.41, 5.74) is 5.03. The number of benzene rings is 1. The molecular weight excluding hydrogens is 374 g/mol. The third-order valence-corrected chi connectivity index (χ3v) is 5.99. The molecule has 3 aromatic rings. The molecule has 1 aliphatic rings. The van der Waals surface area contributed by atoms with E-state index in [1.165, 1.54) is 22.4 Å². The minimum Gasteiger partial charge on any atom is -0.369 e. The first-order valence-electron chi connectivity index (χ1n) is 10.6. The van der Waals surface area contributed by atoms with Crippen LogP contribution in [0.25, 0.3) is 0 Å². The summed E-state index contributed by atoms with van der Waals surface area (Å²) in [6.07, 6.45) is 3.69. The van der Waals surface area contributed by atoms with Gasteiger partial charge in [-0.3, -0.25) is 9.88 Å². The minimum absolute atomic E-state index is 0.00276. The number of aryl methyl sites for hydroxylation is 1. The summed E-state index contributed by atoms with van der Waals surface area (Å²) in [6, 6.07) is 10.7. The van der Waals surface area contributed by atoms with Crippen LogP contribution in [0.15, 0.2) is 42.7 Å². The van der Waals surface area contributed by atoms with Crippen molar-refractivity contribution >= 4 is 5.69 Å². The molecule has 0 bridgehead atoms. The van der Waals surface area contributed by atoms with Crippen molar-refractivity contribution in [1.82, 2.24) is 30.1 Å². The predicted octanol–water partition coefficient (Wildman–Crippen LogP) is 3.35. The van der Waals surface area contributed by atoms with E-state index in [1.54, 1.807) is 0 Å². The van der Waals surface area contributed by atoms with E-state index in [2.05, 4.69) is 95.3 Å². The van der Waals surface area contributed by atoms with E-state index in [0.29, 0.717) is 0 Å². The highest BCUT2D eigenvalue weighted by Gasteiger charge is 2.33. The lowest BCUT2D eigenvalue weighted by Gasteiger charge is -2.41. The van der Waals surface area contributed by atoms with Gasteiger partial charge in [0, 0.05) is 44.3 Å². The molecule has 0 saturated carbocycles. The fourth-order valence-corrected chi connectivity index (χ4v) is 4.21. The zero-order valence-corrected chi connectivity index (χ0v) is 18.6. The number of tetrazole rings is 1. The van der Waals surface area contributed by atoms with Crippen molar-refractivity contribution in [2.45, 2.75) is 46.2 Å². The van der Waals surface area contributed by atoms with Crippen LogP contribution in [-0.4, -0.2) is 56.3 Å². The monoisotopic (exact) mass is 405 g/mol. The largest absolute Gasteiger partial charge is 0.369 e. The smallest absolute Gasteiger partial charge is 0.173 e. The van der Waals surface area contributed by atoms with Gasteiger partial charge in [0.1, 0.15) is 0 Å². The van der Waals surface area contributed by atoms with Gasteiger partial charge in [-0.05, 0) is 79.9 Å². The highest BCUT2D eigenvalue weighted by atomic mass is 15.6. The number of hydrogen-bond acceptors (Lipinski definition) is 6. The third-order valence-electron chi connectivity index (χ3n) is 5.99. The fourth-order valence-electron chi connectivity index (χ4n) is 4.21. The molecule has 0 N–H and O–H groups in total. The molecule has 1 aromatic carbocycles. The number of pyridine rings is 1. The molecule has 30 heavy (non-hydrogen) atoms. The third kappa shape index (κ3) is 3.94. The molecule has 3 heterocycles. The van der Waals surface area contributed by atoms with E-state index < -0.39 is 0 Å². The summed E-state index contributed by atoms with van der Waals surface area (Å²) in [5.74, 6) is 0.883. The standard InChI is InChI=1S/C23H31N7/c1-17-7-6-8-20(18(17)2)28-13-15-29(16-14-28)21(19-9-11-24-12-10-19)22-25-26-27-30(22)23(3,4)5/h6-12,21H,13-16H2,1-5H3/t21-/m0/s1. The molecule has 0 spiro atoms. The first-order valence-corrected chi connectivity index (χ1v) is 10.6. The van der Waals surface area contributed by atoms with Crippen LogP contribution in [0.1, 0.15) is 49.3 Å². The number of hydrogen-bond donors (Lipinski definition) is 0. The molecule has 1 atom stereocenters. The first kappa shape index (κ1) is 20.5. The quantitative estimate of drug-likeness (QED) is 0.663. The molecule has 2 aromatic heterocycles. The van der Waals surface area contributed by atoms with Gasteiger partial charge in [0.15, 0.2) is 5.82 Å². The Morgan fingerprint density at radius 2 is 1.63 bits per heavy atom. The molecule has 0 aliphatic carbocycles. The van der Waals surface area contributed by atoms with E-state index in [-0.39, 0.29) is 11.6 Å². The zero-order valence-electron chi connectivity index (χ0n) is 18.6. The van der Waals surface area contributed by atoms with Gasteiger partial charge in [-0.2, -0.15) is 0 Å². The Morgan fingerprint density at radius 3 is 2.30 bits per heavy atom. The van der Waals surface area contributed by atoms with E-state index in [4.69, 9.17) is 0 Å². The summed E-state index contributed by atoms with van der Waals surface area (Å²) >= 11 is 0. The second-order valence-corrected chi connectivity index (χ2v) is 9.04. The normalized spacial score (nSPS) is 16.6. The predicted molar refractivity (Wildman–Crippen MR) is 119 cm³/mol. The van der Waals surface area contributed by atoms with Crippen molar-refractivity contribution in [3.8, 4) is 0 Å². The topological polar surface area (TPSA) is 63.0 Å². The average Bonchev–Trinajstić information content (AvgIpc) is 3.22. The molecule has 1 aliphatic heterocycles. The van der Waals surface area contributed by atoms with Crippen LogP contribution in [0.5, 0.6) is 0 Å². The lowest BCUT2D eigenvalue weighted by atomic mass is 10.0. The summed E-state index contributed by atoms with van der Waals surface area (Å²) in [7, 11) is 0. The fraction of sp³-hybridized carbons (Fsp3) is 0.478. The molecule has 158 valence electrons. The lowest BCUT2D eigenvalue weighted by molar-refractivity contribution is 0.191. The van der Waals surface area contributed by atoms with Crippen LogP contribution < -0.4 is 4.90 Å². The van der Waals surface area contributed by atoms with Gasteiger partial charge in [-0.25, -0.2) is 4.68 Å². The van der Waals surface area contributed by atoms with E-state index >= 15 is 0 Å². The van der Waals surface area contributed by atoms with Crippen molar-refractivity contribution in [2.24, 2.45) is 0 Å². The lowest BCUT2D eigenvalue weighted by Crippen LogP contribution is -2.49. The molecule has 1 saturated heterocycles. The number of piperazine rings is 1. The molecule has 7 heteroatoms. The molecule has 0 radical (unpaired) electrons. The van der Waals surface area contributed by atoms with Crippen LogP contribution in [0.4, 0.5) is 5.69 Å². The van der Waals surface area contributed by atoms with E-state index in [1.807, 2.05) is 17.1 Å². The number of rotatable bonds is 4. The van der Waals surface area contributed by atoms with Crippen molar-refractivity contribution in [2.75, 3.05) is 31.1 Å². The molecule has 0 amide bonds. The second kappa shape index (κ2) is 8.14. The zero-order chi connectivity index (χ0) is 21.3. The van der Waals surface area contributed by atoms with Crippen LogP contribution in [0.3, 0.4) is 0 Å². The Labute approximate surface area is 178 Å². The van der Waals surface area contributed by atoms with Crippen LogP contribution in [0.2, 0.25) is 0 Å². The molecule has 1 fully saturated rings. The van der Waals surface area contributed by atoms with E-state index in [0.717, 1.165) is 32.0 Å². The van der Waals surface area contributed by atoms with Gasteiger partial charge in [0.25, 0.3) is 0 Å². The summed E-state index contributed by atoms with van der Waals surface area (Å²) in [6.45, 7) is 14.6. The van der Waals surface area contributed by atoms with Crippen molar-refractivity contribution in [1.29, 1.82) is 0 Å². The first-order chi connectivity index (χ1) is 14.4. The summed E-state index contributed by atoms with van der Waals surface area (Å²) in [4.78, 5) is 9.20. The van der Waals surface area contributed by atoms with Crippen molar-refractivity contribution in [3.05, 3.63) is 65.2 Å². The van der Waals surface area contributed by atoms with Gasteiger partial charge >= 0.3 is 0 Å². The molecule has 0 unspecified atom stereocenters. The Bertz CT molecular complexity index is 982. The molecule has 7 nitrogen and oxygen atoms in total. The van der Waals surface area contributed by atoms with E-state index in [9.17, 15) is 0 Å². The van der Waals surface area contributed by atoms with Crippen LogP contribution >= 0.6 is 0 Å². The highest BCUT2D eigenvalue weighted by Crippen LogP contribution is 2.31. The minimum atomic E-state index is -0.190. The molecular formula is C23H31N7. The van der Waals surface area contributed by atoms with Crippen molar-refractivity contribution in [3.63, 3.8) is 0 Å². The number of anilines is 1. The summed E-state index contributed by atoms with van der Waals surface area (Å²) < 4.78 is 1.95. The van der Waals surface area contributed by atoms with Gasteiger partial charge in [0.05, 0.1) is 11.6 Å². The van der Waals surface area contributed by atoms with Crippen LogP contribution in [-0.2, 0) is 5.54 Å².